The third-order valence-electron chi connectivity index (χ3n) is 2.23. The van der Waals surface area contributed by atoms with Gasteiger partial charge < -0.3 is 21.1 Å². The highest BCUT2D eigenvalue weighted by molar-refractivity contribution is 5.89. The molecular formula is C13H25N3O4. The molecule has 4 N–H and O–H groups in total. The molecule has 0 radical (unpaired) electrons. The zero-order chi connectivity index (χ0) is 16.1. The number of hydrogen-bond donors (Lipinski definition) is 3. The molecule has 3 amide bonds. The number of amides is 3. The summed E-state index contributed by atoms with van der Waals surface area (Å²) in [4.78, 5) is 34.4. The van der Waals surface area contributed by atoms with Gasteiger partial charge in [0, 0.05) is 0 Å². The minimum absolute atomic E-state index is 0.276. The molecule has 0 aromatic rings. The second-order valence-electron chi connectivity index (χ2n) is 6.63. The lowest BCUT2D eigenvalue weighted by Crippen LogP contribution is -2.55. The molecule has 0 bridgehead atoms. The van der Waals surface area contributed by atoms with Crippen molar-refractivity contribution >= 4 is 17.9 Å². The average molecular weight is 287 g/mol. The summed E-state index contributed by atoms with van der Waals surface area (Å²) in [6.45, 7) is 10.3. The van der Waals surface area contributed by atoms with Gasteiger partial charge in [0.15, 0.2) is 0 Å². The Morgan fingerprint density at radius 2 is 1.60 bits per heavy atom. The van der Waals surface area contributed by atoms with Crippen LogP contribution in [0.4, 0.5) is 4.79 Å². The molecule has 0 aliphatic heterocycles. The summed E-state index contributed by atoms with van der Waals surface area (Å²) in [5, 5.41) is 4.88. The standard InChI is InChI=1S/C13H25N3O4/c1-12(2,3)9(10(18)15-7-8(14)17)16-11(19)20-13(4,5)6/h9H,7H2,1-6H3,(H2,14,17)(H,15,18)(H,16,19). The highest BCUT2D eigenvalue weighted by Crippen LogP contribution is 2.20. The molecule has 0 spiro atoms. The quantitative estimate of drug-likeness (QED) is 0.700. The Kier molecular flexibility index (Phi) is 5.99. The molecule has 0 aromatic heterocycles. The van der Waals surface area contributed by atoms with Crippen molar-refractivity contribution in [3.05, 3.63) is 0 Å². The lowest BCUT2D eigenvalue weighted by molar-refractivity contribution is -0.128. The van der Waals surface area contributed by atoms with E-state index in [0.29, 0.717) is 0 Å². The van der Waals surface area contributed by atoms with Gasteiger partial charge >= 0.3 is 6.09 Å². The number of alkyl carbamates (subject to hydrolysis) is 1. The molecule has 0 aromatic carbocycles. The summed E-state index contributed by atoms with van der Waals surface area (Å²) in [6.07, 6.45) is -0.688. The van der Waals surface area contributed by atoms with E-state index in [9.17, 15) is 14.4 Å². The first-order chi connectivity index (χ1) is 8.83. The van der Waals surface area contributed by atoms with Crippen LogP contribution in [0, 0.1) is 5.41 Å². The lowest BCUT2D eigenvalue weighted by Gasteiger charge is -2.31. The molecule has 0 heterocycles. The smallest absolute Gasteiger partial charge is 0.408 e. The van der Waals surface area contributed by atoms with Gasteiger partial charge in [0.05, 0.1) is 6.54 Å². The van der Waals surface area contributed by atoms with Crippen molar-refractivity contribution in [1.82, 2.24) is 10.6 Å². The lowest BCUT2D eigenvalue weighted by atomic mass is 9.86. The van der Waals surface area contributed by atoms with E-state index in [2.05, 4.69) is 10.6 Å². The van der Waals surface area contributed by atoms with E-state index in [1.54, 1.807) is 41.5 Å². The van der Waals surface area contributed by atoms with Gasteiger partial charge in [-0.2, -0.15) is 0 Å². The third-order valence-corrected chi connectivity index (χ3v) is 2.23. The van der Waals surface area contributed by atoms with Crippen LogP contribution in [0.3, 0.4) is 0 Å². The molecule has 0 saturated heterocycles. The Labute approximate surface area is 119 Å². The topological polar surface area (TPSA) is 111 Å². The minimum Gasteiger partial charge on any atom is -0.444 e. The average Bonchev–Trinajstić information content (AvgIpc) is 2.18. The van der Waals surface area contributed by atoms with Crippen LogP contribution >= 0.6 is 0 Å². The summed E-state index contributed by atoms with van der Waals surface area (Å²) in [5.74, 6) is -1.13. The largest absolute Gasteiger partial charge is 0.444 e. The van der Waals surface area contributed by atoms with Crippen LogP contribution in [0.15, 0.2) is 0 Å². The van der Waals surface area contributed by atoms with Gasteiger partial charge in [0.1, 0.15) is 11.6 Å². The van der Waals surface area contributed by atoms with Crippen LogP contribution < -0.4 is 16.4 Å². The first kappa shape index (κ1) is 18.2. The maximum atomic E-state index is 12.0. The van der Waals surface area contributed by atoms with Gasteiger partial charge in [0.25, 0.3) is 0 Å². The summed E-state index contributed by atoms with van der Waals surface area (Å²) in [6, 6.07) is -0.836. The fourth-order valence-electron chi connectivity index (χ4n) is 1.38. The van der Waals surface area contributed by atoms with Crippen molar-refractivity contribution in [3.8, 4) is 0 Å². The van der Waals surface area contributed by atoms with Gasteiger partial charge in [-0.15, -0.1) is 0 Å². The van der Waals surface area contributed by atoms with Crippen molar-refractivity contribution in [1.29, 1.82) is 0 Å². The van der Waals surface area contributed by atoms with E-state index in [-0.39, 0.29) is 6.54 Å². The third kappa shape index (κ3) is 7.60. The first-order valence-corrected chi connectivity index (χ1v) is 6.38. The van der Waals surface area contributed by atoms with Crippen LogP contribution in [-0.4, -0.2) is 36.1 Å². The van der Waals surface area contributed by atoms with Gasteiger partial charge in [-0.1, -0.05) is 20.8 Å². The molecule has 1 unspecified atom stereocenters. The summed E-state index contributed by atoms with van der Waals surface area (Å²) >= 11 is 0. The van der Waals surface area contributed by atoms with Crippen molar-refractivity contribution < 1.29 is 19.1 Å². The highest BCUT2D eigenvalue weighted by Gasteiger charge is 2.34. The summed E-state index contributed by atoms with van der Waals surface area (Å²) in [7, 11) is 0. The number of ether oxygens (including phenoxy) is 1. The van der Waals surface area contributed by atoms with Crippen LogP contribution in [0.25, 0.3) is 0 Å². The summed E-state index contributed by atoms with van der Waals surface area (Å²) in [5.41, 5.74) is 3.77. The van der Waals surface area contributed by atoms with Crippen LogP contribution in [0.5, 0.6) is 0 Å². The van der Waals surface area contributed by atoms with E-state index >= 15 is 0 Å². The summed E-state index contributed by atoms with van der Waals surface area (Å²) < 4.78 is 5.12. The van der Waals surface area contributed by atoms with Gasteiger partial charge in [0.2, 0.25) is 11.8 Å². The number of hydrogen-bond acceptors (Lipinski definition) is 4. The monoisotopic (exact) mass is 287 g/mol. The SMILES string of the molecule is CC(C)(C)OC(=O)NC(C(=O)NCC(N)=O)C(C)(C)C. The Hall–Kier alpha value is -1.79. The second-order valence-corrected chi connectivity index (χ2v) is 6.63. The molecule has 0 rings (SSSR count). The number of nitrogens with one attached hydrogen (secondary N) is 2. The number of rotatable bonds is 4. The molecule has 0 aliphatic carbocycles. The van der Waals surface area contributed by atoms with E-state index in [4.69, 9.17) is 10.5 Å². The highest BCUT2D eigenvalue weighted by atomic mass is 16.6. The molecule has 7 nitrogen and oxygen atoms in total. The fraction of sp³-hybridized carbons (Fsp3) is 0.769. The van der Waals surface area contributed by atoms with Crippen LogP contribution in [-0.2, 0) is 14.3 Å². The maximum Gasteiger partial charge on any atom is 0.408 e. The molecular weight excluding hydrogens is 262 g/mol. The van der Waals surface area contributed by atoms with Gasteiger partial charge in [-0.05, 0) is 26.2 Å². The maximum absolute atomic E-state index is 12.0. The number of carbonyl (C=O) groups is 3. The predicted molar refractivity (Wildman–Crippen MR) is 74.8 cm³/mol. The predicted octanol–water partition coefficient (Wildman–Crippen LogP) is 0.527. The molecule has 20 heavy (non-hydrogen) atoms. The van der Waals surface area contributed by atoms with E-state index < -0.39 is 35.0 Å². The molecule has 0 aliphatic rings. The Morgan fingerprint density at radius 1 is 1.10 bits per heavy atom. The number of carbonyl (C=O) groups excluding carboxylic acids is 3. The molecule has 1 atom stereocenters. The van der Waals surface area contributed by atoms with Crippen LogP contribution in [0.2, 0.25) is 0 Å². The zero-order valence-electron chi connectivity index (χ0n) is 13.0. The van der Waals surface area contributed by atoms with Crippen molar-refractivity contribution in [2.24, 2.45) is 11.1 Å². The van der Waals surface area contributed by atoms with Crippen molar-refractivity contribution in [2.75, 3.05) is 6.54 Å². The minimum atomic E-state index is -0.836. The number of primary amides is 1. The second kappa shape index (κ2) is 6.58. The fourth-order valence-corrected chi connectivity index (χ4v) is 1.38. The van der Waals surface area contributed by atoms with Crippen molar-refractivity contribution in [2.45, 2.75) is 53.2 Å². The first-order valence-electron chi connectivity index (χ1n) is 6.38. The van der Waals surface area contributed by atoms with E-state index in [0.717, 1.165) is 0 Å². The molecule has 116 valence electrons. The van der Waals surface area contributed by atoms with Crippen molar-refractivity contribution in [3.63, 3.8) is 0 Å². The zero-order valence-corrected chi connectivity index (χ0v) is 13.0. The number of nitrogens with two attached hydrogens (primary N) is 1. The molecule has 0 fully saturated rings. The Balaban J connectivity index is 4.79. The molecule has 0 saturated carbocycles. The van der Waals surface area contributed by atoms with Gasteiger partial charge in [-0.25, -0.2) is 4.79 Å². The van der Waals surface area contributed by atoms with E-state index in [1.807, 2.05) is 0 Å². The van der Waals surface area contributed by atoms with Crippen LogP contribution in [0.1, 0.15) is 41.5 Å². The molecule has 7 heteroatoms. The normalized spacial score (nSPS) is 13.3. The Morgan fingerprint density at radius 3 is 1.95 bits per heavy atom. The van der Waals surface area contributed by atoms with E-state index in [1.165, 1.54) is 0 Å². The Bertz CT molecular complexity index is 380. The van der Waals surface area contributed by atoms with Gasteiger partial charge in [-0.3, -0.25) is 9.59 Å².